The van der Waals surface area contributed by atoms with E-state index in [1.165, 1.54) is 29.8 Å². The summed E-state index contributed by atoms with van der Waals surface area (Å²) in [6.45, 7) is 10.5. The summed E-state index contributed by atoms with van der Waals surface area (Å²) >= 11 is 0. The Morgan fingerprint density at radius 2 is 1.50 bits per heavy atom. The molecule has 0 spiro atoms. The van der Waals surface area contributed by atoms with Gasteiger partial charge in [0.05, 0.1) is 10.9 Å². The second-order valence-corrected chi connectivity index (χ2v) is 10.1. The molecule has 0 aliphatic carbocycles. The van der Waals surface area contributed by atoms with Crippen LogP contribution in [-0.2, 0) is 21.2 Å². The molecule has 0 aliphatic heterocycles. The van der Waals surface area contributed by atoms with Gasteiger partial charge in [-0.3, -0.25) is 10.1 Å². The Hall–Kier alpha value is -2.22. The molecule has 0 aliphatic rings. The summed E-state index contributed by atoms with van der Waals surface area (Å²) in [4.78, 5) is 12.6. The van der Waals surface area contributed by atoms with E-state index < -0.39 is 16.1 Å². The molecule has 2 aromatic rings. The summed E-state index contributed by atoms with van der Waals surface area (Å²) in [5.74, 6) is 0.711. The fourth-order valence-electron chi connectivity index (χ4n) is 3.33. The molecule has 0 radical (unpaired) electrons. The van der Waals surface area contributed by atoms with Gasteiger partial charge in [-0.25, -0.2) is 13.6 Å². The molecule has 0 fully saturated rings. The number of amides is 1. The highest BCUT2D eigenvalue weighted by molar-refractivity contribution is 7.89. The van der Waals surface area contributed by atoms with Crippen LogP contribution in [0.15, 0.2) is 53.4 Å². The minimum atomic E-state index is -3.76. The fraction of sp³-hybridized carbons (Fsp3) is 0.435. The summed E-state index contributed by atoms with van der Waals surface area (Å²) < 4.78 is 22.7. The minimum absolute atomic E-state index is 0.00691. The number of sulfonamides is 1. The van der Waals surface area contributed by atoms with Crippen molar-refractivity contribution in [1.82, 2.24) is 5.32 Å². The Labute approximate surface area is 180 Å². The van der Waals surface area contributed by atoms with Gasteiger partial charge in [0, 0.05) is 11.7 Å². The first-order chi connectivity index (χ1) is 14.0. The van der Waals surface area contributed by atoms with Crippen molar-refractivity contribution in [3.8, 4) is 0 Å². The number of hydrogen-bond acceptors (Lipinski definition) is 4. The van der Waals surface area contributed by atoms with Crippen LogP contribution in [0.3, 0.4) is 0 Å². The Kier molecular flexibility index (Phi) is 8.18. The number of carbonyl (C=O) groups is 1. The zero-order valence-electron chi connectivity index (χ0n) is 18.3. The number of anilines is 1. The molecule has 164 valence electrons. The standard InChI is InChI=1S/C23H33N3O3S/c1-15(2)14-18-6-8-19(9-7-18)22(16(3)4)25-17(5)23(27)26-20-10-12-21(13-11-20)30(24,28)29/h6-13,15-17,22,25H,14H2,1-5H3,(H,26,27)(H2,24,28,29). The summed E-state index contributed by atoms with van der Waals surface area (Å²) in [5, 5.41) is 11.3. The molecule has 2 unspecified atom stereocenters. The highest BCUT2D eigenvalue weighted by atomic mass is 32.2. The molecular formula is C23H33N3O3S. The molecule has 0 saturated heterocycles. The second kappa shape index (κ2) is 10.2. The highest BCUT2D eigenvalue weighted by Gasteiger charge is 2.22. The van der Waals surface area contributed by atoms with Crippen LogP contribution in [0.1, 0.15) is 51.8 Å². The summed E-state index contributed by atoms with van der Waals surface area (Å²) in [7, 11) is -3.76. The monoisotopic (exact) mass is 431 g/mol. The van der Waals surface area contributed by atoms with E-state index >= 15 is 0 Å². The molecule has 0 saturated carbocycles. The lowest BCUT2D eigenvalue weighted by atomic mass is 9.93. The molecule has 6 nitrogen and oxygen atoms in total. The van der Waals surface area contributed by atoms with Gasteiger partial charge in [-0.15, -0.1) is 0 Å². The zero-order valence-corrected chi connectivity index (χ0v) is 19.2. The van der Waals surface area contributed by atoms with Crippen molar-refractivity contribution in [3.63, 3.8) is 0 Å². The van der Waals surface area contributed by atoms with Crippen molar-refractivity contribution in [1.29, 1.82) is 0 Å². The van der Waals surface area contributed by atoms with Crippen LogP contribution in [0.5, 0.6) is 0 Å². The third-order valence-electron chi connectivity index (χ3n) is 4.92. The molecule has 0 heterocycles. The van der Waals surface area contributed by atoms with Gasteiger partial charge in [-0.1, -0.05) is 52.0 Å². The van der Waals surface area contributed by atoms with Gasteiger partial charge in [-0.05, 0) is 60.6 Å². The van der Waals surface area contributed by atoms with Gasteiger partial charge in [0.25, 0.3) is 0 Å². The highest BCUT2D eigenvalue weighted by Crippen LogP contribution is 2.24. The van der Waals surface area contributed by atoms with Crippen molar-refractivity contribution in [2.24, 2.45) is 17.0 Å². The quantitative estimate of drug-likeness (QED) is 0.561. The van der Waals surface area contributed by atoms with Crippen LogP contribution in [0.4, 0.5) is 5.69 Å². The number of primary sulfonamides is 1. The number of hydrogen-bond donors (Lipinski definition) is 3. The van der Waals surface area contributed by atoms with Gasteiger partial charge < -0.3 is 5.32 Å². The maximum Gasteiger partial charge on any atom is 0.241 e. The molecule has 2 aromatic carbocycles. The van der Waals surface area contributed by atoms with Gasteiger partial charge in [0.1, 0.15) is 0 Å². The predicted molar refractivity (Wildman–Crippen MR) is 122 cm³/mol. The first-order valence-corrected chi connectivity index (χ1v) is 11.8. The van der Waals surface area contributed by atoms with E-state index in [4.69, 9.17) is 5.14 Å². The summed E-state index contributed by atoms with van der Waals surface area (Å²) in [6, 6.07) is 14.0. The maximum atomic E-state index is 12.6. The number of rotatable bonds is 9. The first kappa shape index (κ1) is 24.1. The van der Waals surface area contributed by atoms with Crippen molar-refractivity contribution in [2.75, 3.05) is 5.32 Å². The third kappa shape index (κ3) is 6.93. The second-order valence-electron chi connectivity index (χ2n) is 8.51. The molecule has 2 rings (SSSR count). The van der Waals surface area contributed by atoms with E-state index in [-0.39, 0.29) is 16.8 Å². The van der Waals surface area contributed by atoms with Crippen molar-refractivity contribution in [2.45, 2.75) is 58.0 Å². The minimum Gasteiger partial charge on any atom is -0.325 e. The summed E-state index contributed by atoms with van der Waals surface area (Å²) in [6.07, 6.45) is 1.04. The van der Waals surface area contributed by atoms with E-state index in [9.17, 15) is 13.2 Å². The maximum absolute atomic E-state index is 12.6. The van der Waals surface area contributed by atoms with Gasteiger partial charge in [-0.2, -0.15) is 0 Å². The van der Waals surface area contributed by atoms with Crippen LogP contribution < -0.4 is 15.8 Å². The fourth-order valence-corrected chi connectivity index (χ4v) is 3.84. The molecule has 1 amide bonds. The molecular weight excluding hydrogens is 398 g/mol. The Bertz CT molecular complexity index is 937. The molecule has 2 atom stereocenters. The Balaban J connectivity index is 2.05. The average Bonchev–Trinajstić information content (AvgIpc) is 2.65. The average molecular weight is 432 g/mol. The van der Waals surface area contributed by atoms with Crippen molar-refractivity contribution >= 4 is 21.6 Å². The molecule has 0 aromatic heterocycles. The predicted octanol–water partition coefficient (Wildman–Crippen LogP) is 3.85. The molecule has 4 N–H and O–H groups in total. The SMILES string of the molecule is CC(C)Cc1ccc(C(NC(C)C(=O)Nc2ccc(S(N)(=O)=O)cc2)C(C)C)cc1. The Morgan fingerprint density at radius 1 is 0.933 bits per heavy atom. The van der Waals surface area contributed by atoms with Crippen molar-refractivity contribution in [3.05, 3.63) is 59.7 Å². The van der Waals surface area contributed by atoms with Crippen LogP contribution >= 0.6 is 0 Å². The number of nitrogens with two attached hydrogens (primary N) is 1. The lowest BCUT2D eigenvalue weighted by Crippen LogP contribution is -2.41. The van der Waals surface area contributed by atoms with Crippen molar-refractivity contribution < 1.29 is 13.2 Å². The molecule has 0 bridgehead atoms. The van der Waals surface area contributed by atoms with Crippen LogP contribution in [0.25, 0.3) is 0 Å². The molecule has 7 heteroatoms. The topological polar surface area (TPSA) is 101 Å². The smallest absolute Gasteiger partial charge is 0.241 e. The largest absolute Gasteiger partial charge is 0.325 e. The van der Waals surface area contributed by atoms with Crippen LogP contribution in [-0.4, -0.2) is 20.4 Å². The molecule has 30 heavy (non-hydrogen) atoms. The first-order valence-electron chi connectivity index (χ1n) is 10.3. The summed E-state index contributed by atoms with van der Waals surface area (Å²) in [5.41, 5.74) is 2.97. The zero-order chi connectivity index (χ0) is 22.5. The van der Waals surface area contributed by atoms with Crippen LogP contribution in [0.2, 0.25) is 0 Å². The Morgan fingerprint density at radius 3 is 1.97 bits per heavy atom. The van der Waals surface area contributed by atoms with E-state index in [0.717, 1.165) is 12.0 Å². The van der Waals surface area contributed by atoms with E-state index in [1.807, 2.05) is 6.92 Å². The van der Waals surface area contributed by atoms with Gasteiger partial charge in [0.2, 0.25) is 15.9 Å². The number of carbonyl (C=O) groups excluding carboxylic acids is 1. The van der Waals surface area contributed by atoms with E-state index in [1.54, 1.807) is 0 Å². The lowest BCUT2D eigenvalue weighted by Gasteiger charge is -2.27. The number of nitrogens with one attached hydrogen (secondary N) is 2. The third-order valence-corrected chi connectivity index (χ3v) is 5.85. The van der Waals surface area contributed by atoms with Gasteiger partial charge in [0.15, 0.2) is 0 Å². The van der Waals surface area contributed by atoms with E-state index in [0.29, 0.717) is 17.5 Å². The van der Waals surface area contributed by atoms with Crippen LogP contribution in [0, 0.1) is 11.8 Å². The lowest BCUT2D eigenvalue weighted by molar-refractivity contribution is -0.118. The van der Waals surface area contributed by atoms with Gasteiger partial charge >= 0.3 is 0 Å². The van der Waals surface area contributed by atoms with E-state index in [2.05, 4.69) is 62.6 Å². The normalized spacial score (nSPS) is 14.0. The number of benzene rings is 2.